The van der Waals surface area contributed by atoms with Crippen LogP contribution in [0.5, 0.6) is 5.75 Å². The van der Waals surface area contributed by atoms with E-state index in [0.29, 0.717) is 5.91 Å². The van der Waals surface area contributed by atoms with Crippen LogP contribution in [-0.4, -0.2) is 62.1 Å². The van der Waals surface area contributed by atoms with Gasteiger partial charge in [-0.2, -0.15) is 0 Å². The average Bonchev–Trinajstić information content (AvgIpc) is 2.80. The van der Waals surface area contributed by atoms with Crippen molar-refractivity contribution in [1.29, 1.82) is 0 Å². The lowest BCUT2D eigenvalue weighted by Gasteiger charge is -2.39. The fourth-order valence-electron chi connectivity index (χ4n) is 4.49. The highest BCUT2D eigenvalue weighted by molar-refractivity contribution is 9.10. The van der Waals surface area contributed by atoms with Gasteiger partial charge in [0.05, 0.1) is 13.0 Å². The summed E-state index contributed by atoms with van der Waals surface area (Å²) in [4.78, 5) is 20.0. The Kier molecular flexibility index (Phi) is 6.95. The number of hydrogen-bond acceptors (Lipinski definition) is 4. The number of likely N-dealkylation sites (tertiary alicyclic amines) is 1. The number of amides is 1. The van der Waals surface area contributed by atoms with Crippen LogP contribution >= 0.6 is 15.9 Å². The highest BCUT2D eigenvalue weighted by atomic mass is 79.9. The third-order valence-electron chi connectivity index (χ3n) is 6.20. The minimum atomic E-state index is 0.127. The van der Waals surface area contributed by atoms with E-state index in [-0.39, 0.29) is 5.92 Å². The second-order valence-corrected chi connectivity index (χ2v) is 9.13. The molecule has 0 radical (unpaired) electrons. The van der Waals surface area contributed by atoms with Crippen LogP contribution < -0.4 is 9.64 Å². The molecule has 1 unspecified atom stereocenters. The number of piperidine rings is 1. The fourth-order valence-corrected chi connectivity index (χ4v) is 4.75. The Labute approximate surface area is 187 Å². The molecular weight excluding hydrogens is 442 g/mol. The predicted molar refractivity (Wildman–Crippen MR) is 124 cm³/mol. The first-order valence-corrected chi connectivity index (χ1v) is 11.6. The Morgan fingerprint density at radius 3 is 2.37 bits per heavy atom. The summed E-state index contributed by atoms with van der Waals surface area (Å²) in [7, 11) is 1.69. The maximum atomic E-state index is 13.2. The molecule has 160 valence electrons. The summed E-state index contributed by atoms with van der Waals surface area (Å²) in [6.07, 6.45) is 2.10. The van der Waals surface area contributed by atoms with Gasteiger partial charge in [-0.25, -0.2) is 0 Å². The van der Waals surface area contributed by atoms with Crippen molar-refractivity contribution in [3.05, 3.63) is 58.6 Å². The minimum absolute atomic E-state index is 0.127. The predicted octanol–water partition coefficient (Wildman–Crippen LogP) is 4.02. The summed E-state index contributed by atoms with van der Waals surface area (Å²) in [5.41, 5.74) is 2.50. The molecule has 1 amide bonds. The van der Waals surface area contributed by atoms with Crippen molar-refractivity contribution in [2.45, 2.75) is 19.4 Å². The number of methoxy groups -OCH3 is 1. The highest BCUT2D eigenvalue weighted by Crippen LogP contribution is 2.24. The van der Waals surface area contributed by atoms with Crippen LogP contribution in [0.15, 0.2) is 53.0 Å². The molecule has 0 saturated carbocycles. The molecule has 6 heteroatoms. The van der Waals surface area contributed by atoms with Gasteiger partial charge in [0.25, 0.3) is 0 Å². The van der Waals surface area contributed by atoms with E-state index in [1.54, 1.807) is 7.11 Å². The van der Waals surface area contributed by atoms with Crippen molar-refractivity contribution in [3.8, 4) is 5.75 Å². The number of carbonyl (C=O) groups is 1. The van der Waals surface area contributed by atoms with E-state index in [1.807, 2.05) is 12.1 Å². The van der Waals surface area contributed by atoms with Gasteiger partial charge in [0, 0.05) is 49.4 Å². The molecule has 2 aliphatic heterocycles. The molecule has 0 spiro atoms. The third-order valence-corrected chi connectivity index (χ3v) is 6.73. The molecule has 2 saturated heterocycles. The number of benzene rings is 2. The van der Waals surface area contributed by atoms with E-state index in [9.17, 15) is 4.79 Å². The second kappa shape index (κ2) is 9.84. The van der Waals surface area contributed by atoms with Crippen molar-refractivity contribution in [1.82, 2.24) is 9.80 Å². The van der Waals surface area contributed by atoms with Crippen molar-refractivity contribution >= 4 is 27.5 Å². The molecule has 2 aliphatic rings. The maximum absolute atomic E-state index is 13.2. The van der Waals surface area contributed by atoms with Gasteiger partial charge in [-0.1, -0.05) is 28.1 Å². The smallest absolute Gasteiger partial charge is 0.227 e. The first kappa shape index (κ1) is 21.2. The second-order valence-electron chi connectivity index (χ2n) is 8.21. The first-order valence-electron chi connectivity index (χ1n) is 10.8. The minimum Gasteiger partial charge on any atom is -0.497 e. The maximum Gasteiger partial charge on any atom is 0.227 e. The molecule has 2 heterocycles. The Hall–Kier alpha value is -2.05. The molecule has 4 rings (SSSR count). The van der Waals surface area contributed by atoms with Gasteiger partial charge in [0.15, 0.2) is 0 Å². The van der Waals surface area contributed by atoms with E-state index in [1.165, 1.54) is 11.3 Å². The number of piperazine rings is 1. The topological polar surface area (TPSA) is 36.0 Å². The molecule has 2 fully saturated rings. The van der Waals surface area contributed by atoms with Crippen LogP contribution in [-0.2, 0) is 11.3 Å². The lowest BCUT2D eigenvalue weighted by Crippen LogP contribution is -2.52. The van der Waals surface area contributed by atoms with Crippen molar-refractivity contribution in [3.63, 3.8) is 0 Å². The molecule has 0 aromatic heterocycles. The van der Waals surface area contributed by atoms with Gasteiger partial charge in [-0.05, 0) is 61.3 Å². The number of halogens is 1. The van der Waals surface area contributed by atoms with Crippen LogP contribution in [0.1, 0.15) is 18.4 Å². The molecule has 0 bridgehead atoms. The van der Waals surface area contributed by atoms with Crippen LogP contribution in [0, 0.1) is 5.92 Å². The highest BCUT2D eigenvalue weighted by Gasteiger charge is 2.31. The van der Waals surface area contributed by atoms with Gasteiger partial charge in [0.1, 0.15) is 5.75 Å². The zero-order valence-electron chi connectivity index (χ0n) is 17.6. The van der Waals surface area contributed by atoms with Gasteiger partial charge in [-0.3, -0.25) is 9.69 Å². The number of rotatable bonds is 5. The Morgan fingerprint density at radius 1 is 1.00 bits per heavy atom. The van der Waals surface area contributed by atoms with Crippen molar-refractivity contribution in [2.75, 3.05) is 51.3 Å². The monoisotopic (exact) mass is 471 g/mol. The van der Waals surface area contributed by atoms with Crippen molar-refractivity contribution < 1.29 is 9.53 Å². The summed E-state index contributed by atoms with van der Waals surface area (Å²) in [6.45, 7) is 6.23. The van der Waals surface area contributed by atoms with Gasteiger partial charge < -0.3 is 14.5 Å². The number of ether oxygens (including phenoxy) is 1. The molecule has 0 aliphatic carbocycles. The number of anilines is 1. The summed E-state index contributed by atoms with van der Waals surface area (Å²) in [5.74, 6) is 1.34. The van der Waals surface area contributed by atoms with Gasteiger partial charge in [-0.15, -0.1) is 0 Å². The molecule has 5 nitrogen and oxygen atoms in total. The first-order chi connectivity index (χ1) is 14.6. The lowest BCUT2D eigenvalue weighted by atomic mass is 9.95. The number of nitrogens with zero attached hydrogens (tertiary/aromatic N) is 3. The van der Waals surface area contributed by atoms with Crippen LogP contribution in [0.3, 0.4) is 0 Å². The third kappa shape index (κ3) is 5.16. The van der Waals surface area contributed by atoms with Gasteiger partial charge in [0.2, 0.25) is 5.91 Å². The number of hydrogen-bond donors (Lipinski definition) is 0. The Bertz CT molecular complexity index is 833. The van der Waals surface area contributed by atoms with Crippen molar-refractivity contribution in [2.24, 2.45) is 5.92 Å². The summed E-state index contributed by atoms with van der Waals surface area (Å²) in [5, 5.41) is 0. The standard InChI is InChI=1S/C24H30BrN3O2/c1-30-23-10-8-22(9-11-23)27-13-15-28(16-14-27)24(29)20-3-2-12-26(18-20)17-19-4-6-21(25)7-5-19/h4-11,20H,2-3,12-18H2,1H3. The fraction of sp³-hybridized carbons (Fsp3) is 0.458. The Morgan fingerprint density at radius 2 is 1.70 bits per heavy atom. The van der Waals surface area contributed by atoms with E-state index in [0.717, 1.165) is 68.9 Å². The molecule has 30 heavy (non-hydrogen) atoms. The molecular formula is C24H30BrN3O2. The molecule has 2 aromatic rings. The largest absolute Gasteiger partial charge is 0.497 e. The molecule has 1 atom stereocenters. The van der Waals surface area contributed by atoms with E-state index in [2.05, 4.69) is 67.0 Å². The molecule has 2 aromatic carbocycles. The normalized spacial score (nSPS) is 20.3. The van der Waals surface area contributed by atoms with Crippen LogP contribution in [0.25, 0.3) is 0 Å². The quantitative estimate of drug-likeness (QED) is 0.659. The Balaban J connectivity index is 1.29. The van der Waals surface area contributed by atoms with Crippen LogP contribution in [0.2, 0.25) is 0 Å². The molecule has 0 N–H and O–H groups in total. The van der Waals surface area contributed by atoms with E-state index >= 15 is 0 Å². The van der Waals surface area contributed by atoms with Gasteiger partial charge >= 0.3 is 0 Å². The average molecular weight is 472 g/mol. The van der Waals surface area contributed by atoms with E-state index < -0.39 is 0 Å². The van der Waals surface area contributed by atoms with E-state index in [4.69, 9.17) is 4.74 Å². The SMILES string of the molecule is COc1ccc(N2CCN(C(=O)C3CCCN(Cc4ccc(Br)cc4)C3)CC2)cc1. The lowest BCUT2D eigenvalue weighted by molar-refractivity contribution is -0.137. The summed E-state index contributed by atoms with van der Waals surface area (Å²) in [6, 6.07) is 16.7. The summed E-state index contributed by atoms with van der Waals surface area (Å²) < 4.78 is 6.35. The summed E-state index contributed by atoms with van der Waals surface area (Å²) >= 11 is 3.50. The zero-order valence-corrected chi connectivity index (χ0v) is 19.2. The zero-order chi connectivity index (χ0) is 20.9. The number of carbonyl (C=O) groups excluding carboxylic acids is 1. The van der Waals surface area contributed by atoms with Crippen LogP contribution in [0.4, 0.5) is 5.69 Å².